The van der Waals surface area contributed by atoms with Crippen molar-refractivity contribution < 1.29 is 33.0 Å². The lowest BCUT2D eigenvalue weighted by Crippen LogP contribution is -2.41. The van der Waals surface area contributed by atoms with E-state index in [0.29, 0.717) is 42.7 Å². The van der Waals surface area contributed by atoms with Gasteiger partial charge in [0.1, 0.15) is 0 Å². The molecule has 0 saturated heterocycles. The van der Waals surface area contributed by atoms with Crippen LogP contribution in [-0.4, -0.2) is 59.6 Å². The first-order valence-electron chi connectivity index (χ1n) is 18.0. The van der Waals surface area contributed by atoms with Crippen molar-refractivity contribution in [3.63, 3.8) is 0 Å². The van der Waals surface area contributed by atoms with Crippen molar-refractivity contribution in [3.8, 4) is 0 Å². The summed E-state index contributed by atoms with van der Waals surface area (Å²) in [6.45, 7) is 25.7. The zero-order chi connectivity index (χ0) is 37.5. The lowest BCUT2D eigenvalue weighted by Gasteiger charge is -2.36. The molecule has 0 aliphatic carbocycles. The summed E-state index contributed by atoms with van der Waals surface area (Å²) in [4.78, 5) is 40.3. The zero-order valence-electron chi connectivity index (χ0n) is 32.4. The SMILES string of the molecule is CC[C@@H](CC(=O)OCOC(=O)OCCCCO[Si](C)(C)C(C)(C)C)c1ccc(N(CC(C)C)CC(C)C)c(NC(=O)Nc2ccc(C)cc2)c1. The number of benzene rings is 2. The van der Waals surface area contributed by atoms with E-state index in [1.807, 2.05) is 56.3 Å². The van der Waals surface area contributed by atoms with Crippen LogP contribution >= 0.6 is 0 Å². The maximum Gasteiger partial charge on any atom is 0.511 e. The Morgan fingerprint density at radius 3 is 2.04 bits per heavy atom. The maximum atomic E-state index is 13.2. The van der Waals surface area contributed by atoms with E-state index in [2.05, 4.69) is 77.1 Å². The molecule has 0 radical (unpaired) electrons. The smallest absolute Gasteiger partial charge is 0.434 e. The number of esters is 1. The van der Waals surface area contributed by atoms with E-state index in [9.17, 15) is 14.4 Å². The number of aryl methyl sites for hydroxylation is 1. The molecule has 0 spiro atoms. The molecule has 1 atom stereocenters. The molecule has 0 bridgehead atoms. The molecule has 2 N–H and O–H groups in total. The third kappa shape index (κ3) is 15.1. The van der Waals surface area contributed by atoms with Gasteiger partial charge in [-0.2, -0.15) is 0 Å². The van der Waals surface area contributed by atoms with Gasteiger partial charge in [0.05, 0.1) is 24.4 Å². The van der Waals surface area contributed by atoms with Crippen molar-refractivity contribution in [2.24, 2.45) is 11.8 Å². The number of ether oxygens (including phenoxy) is 3. The number of rotatable bonds is 19. The van der Waals surface area contributed by atoms with E-state index < -0.39 is 27.2 Å². The fourth-order valence-electron chi connectivity index (χ4n) is 5.10. The van der Waals surface area contributed by atoms with Crippen molar-refractivity contribution in [3.05, 3.63) is 53.6 Å². The third-order valence-corrected chi connectivity index (χ3v) is 13.4. The third-order valence-electron chi connectivity index (χ3n) is 8.89. The summed E-state index contributed by atoms with van der Waals surface area (Å²) in [5.41, 5.74) is 4.28. The molecule has 0 aliphatic rings. The lowest BCUT2D eigenvalue weighted by atomic mass is 9.92. The molecule has 0 fully saturated rings. The molecule has 2 aromatic carbocycles. The van der Waals surface area contributed by atoms with Gasteiger partial charge in [-0.15, -0.1) is 0 Å². The van der Waals surface area contributed by atoms with Gasteiger partial charge in [0, 0.05) is 25.4 Å². The van der Waals surface area contributed by atoms with Gasteiger partial charge < -0.3 is 34.2 Å². The van der Waals surface area contributed by atoms with E-state index in [0.717, 1.165) is 36.3 Å². The standard InChI is InChI=1S/C39H63N3O7Si/c1-12-31(24-36(43)47-27-48-38(45)46-21-13-14-22-49-50(10,11)39(7,8)9)32-17-20-35(42(25-28(2)3)26-29(4)5)34(23-32)41-37(44)40-33-18-15-30(6)16-19-33/h15-20,23,28-29,31H,12-14,21-22,24-27H2,1-11H3,(H2,40,41,44)/t31-/m0/s1. The molecule has 0 aromatic heterocycles. The molecule has 2 rings (SSSR count). The van der Waals surface area contributed by atoms with Crippen LogP contribution in [0.5, 0.6) is 0 Å². The highest BCUT2D eigenvalue weighted by Crippen LogP contribution is 2.37. The molecule has 0 unspecified atom stereocenters. The van der Waals surface area contributed by atoms with E-state index in [1.54, 1.807) is 0 Å². The molecular weight excluding hydrogens is 651 g/mol. The first-order chi connectivity index (χ1) is 23.4. The number of anilines is 3. The Morgan fingerprint density at radius 2 is 1.46 bits per heavy atom. The minimum absolute atomic E-state index is 0.0825. The van der Waals surface area contributed by atoms with Crippen molar-refractivity contribution in [2.45, 2.75) is 112 Å². The van der Waals surface area contributed by atoms with E-state index in [4.69, 9.17) is 18.6 Å². The lowest BCUT2D eigenvalue weighted by molar-refractivity contribution is -0.153. The number of carbonyl (C=O) groups excluding carboxylic acids is 3. The van der Waals surface area contributed by atoms with Crippen LogP contribution in [0.1, 0.15) is 98.1 Å². The first-order valence-corrected chi connectivity index (χ1v) is 20.9. The Balaban J connectivity index is 2.01. The van der Waals surface area contributed by atoms with Gasteiger partial charge in [-0.05, 0) is 91.9 Å². The average Bonchev–Trinajstić information content (AvgIpc) is 3.01. The van der Waals surface area contributed by atoms with Crippen LogP contribution in [0.3, 0.4) is 0 Å². The summed E-state index contributed by atoms with van der Waals surface area (Å²) < 4.78 is 21.5. The Bertz CT molecular complexity index is 1350. The molecule has 2 aromatic rings. The molecule has 11 heteroatoms. The topological polar surface area (TPSA) is 115 Å². The van der Waals surface area contributed by atoms with Crippen molar-refractivity contribution in [1.82, 2.24) is 0 Å². The fraction of sp³-hybridized carbons (Fsp3) is 0.615. The molecule has 0 saturated carbocycles. The minimum Gasteiger partial charge on any atom is -0.434 e. The van der Waals surface area contributed by atoms with Crippen LogP contribution < -0.4 is 15.5 Å². The number of unbranched alkanes of at least 4 members (excludes halogenated alkanes) is 1. The zero-order valence-corrected chi connectivity index (χ0v) is 33.4. The molecule has 280 valence electrons. The van der Waals surface area contributed by atoms with Crippen LogP contribution in [0.2, 0.25) is 18.1 Å². The predicted octanol–water partition coefficient (Wildman–Crippen LogP) is 10.1. The van der Waals surface area contributed by atoms with Crippen LogP contribution in [0.25, 0.3) is 0 Å². The van der Waals surface area contributed by atoms with Gasteiger partial charge in [0.2, 0.25) is 6.79 Å². The van der Waals surface area contributed by atoms with Crippen LogP contribution in [-0.2, 0) is 23.4 Å². The van der Waals surface area contributed by atoms with Crippen LogP contribution in [0, 0.1) is 18.8 Å². The number of carbonyl (C=O) groups is 3. The normalized spacial score (nSPS) is 12.4. The van der Waals surface area contributed by atoms with Gasteiger partial charge in [-0.3, -0.25) is 4.79 Å². The summed E-state index contributed by atoms with van der Waals surface area (Å²) >= 11 is 0. The van der Waals surface area contributed by atoms with Crippen molar-refractivity contribution in [2.75, 3.05) is 48.6 Å². The van der Waals surface area contributed by atoms with Crippen molar-refractivity contribution in [1.29, 1.82) is 0 Å². The molecule has 10 nitrogen and oxygen atoms in total. The molecular formula is C39H63N3O7Si. The number of amides is 2. The number of hydrogen-bond donors (Lipinski definition) is 2. The Hall–Kier alpha value is -3.57. The summed E-state index contributed by atoms with van der Waals surface area (Å²) in [5.74, 6) is 0.144. The van der Waals surface area contributed by atoms with Crippen LogP contribution in [0.15, 0.2) is 42.5 Å². The highest BCUT2D eigenvalue weighted by molar-refractivity contribution is 6.74. The van der Waals surface area contributed by atoms with E-state index in [1.165, 1.54) is 0 Å². The van der Waals surface area contributed by atoms with Gasteiger partial charge in [0.15, 0.2) is 8.32 Å². The summed E-state index contributed by atoms with van der Waals surface area (Å²) in [6.07, 6.45) is 1.29. The predicted molar refractivity (Wildman–Crippen MR) is 206 cm³/mol. The Labute approximate surface area is 302 Å². The summed E-state index contributed by atoms with van der Waals surface area (Å²) in [6, 6.07) is 13.3. The summed E-state index contributed by atoms with van der Waals surface area (Å²) in [5, 5.41) is 6.15. The van der Waals surface area contributed by atoms with E-state index >= 15 is 0 Å². The first kappa shape index (κ1) is 42.6. The molecule has 2 amide bonds. The summed E-state index contributed by atoms with van der Waals surface area (Å²) in [7, 11) is -1.80. The quantitative estimate of drug-likeness (QED) is 0.0640. The highest BCUT2D eigenvalue weighted by atomic mass is 28.4. The van der Waals surface area contributed by atoms with Crippen LogP contribution in [0.4, 0.5) is 26.7 Å². The van der Waals surface area contributed by atoms with Gasteiger partial charge in [-0.1, -0.05) is 79.2 Å². The largest absolute Gasteiger partial charge is 0.511 e. The Kier molecular flexibility index (Phi) is 17.3. The molecule has 0 aliphatic heterocycles. The number of nitrogens with one attached hydrogen (secondary N) is 2. The number of urea groups is 1. The monoisotopic (exact) mass is 713 g/mol. The van der Waals surface area contributed by atoms with Gasteiger partial charge >= 0.3 is 18.2 Å². The Morgan fingerprint density at radius 1 is 0.840 bits per heavy atom. The van der Waals surface area contributed by atoms with E-state index in [-0.39, 0.29) is 30.0 Å². The second-order valence-electron chi connectivity index (χ2n) is 15.4. The van der Waals surface area contributed by atoms with Gasteiger partial charge in [0.25, 0.3) is 0 Å². The van der Waals surface area contributed by atoms with Gasteiger partial charge in [-0.25, -0.2) is 9.59 Å². The molecule has 0 heterocycles. The highest BCUT2D eigenvalue weighted by Gasteiger charge is 2.36. The second-order valence-corrected chi connectivity index (χ2v) is 20.2. The number of hydrogen-bond acceptors (Lipinski definition) is 8. The molecule has 50 heavy (non-hydrogen) atoms. The fourth-order valence-corrected chi connectivity index (χ4v) is 6.19. The maximum absolute atomic E-state index is 13.2. The number of nitrogens with zero attached hydrogens (tertiary/aromatic N) is 1. The minimum atomic E-state index is -1.80. The average molecular weight is 714 g/mol. The van der Waals surface area contributed by atoms with Crippen molar-refractivity contribution >= 4 is 43.5 Å². The second kappa shape index (κ2) is 20.3.